The van der Waals surface area contributed by atoms with Crippen LogP contribution in [0.1, 0.15) is 29.4 Å². The van der Waals surface area contributed by atoms with E-state index < -0.39 is 0 Å². The number of hydrogen-bond acceptors (Lipinski definition) is 2. The molecule has 1 atom stereocenters. The van der Waals surface area contributed by atoms with E-state index in [1.54, 1.807) is 0 Å². The van der Waals surface area contributed by atoms with Gasteiger partial charge in [-0.05, 0) is 12.0 Å². The molecule has 1 aromatic heterocycles. The van der Waals surface area contributed by atoms with Crippen LogP contribution in [0.4, 0.5) is 0 Å². The summed E-state index contributed by atoms with van der Waals surface area (Å²) in [7, 11) is 0. The quantitative estimate of drug-likeness (QED) is 0.805. The van der Waals surface area contributed by atoms with Gasteiger partial charge in [0.2, 0.25) is 0 Å². The summed E-state index contributed by atoms with van der Waals surface area (Å²) in [6.07, 6.45) is 3.01. The van der Waals surface area contributed by atoms with E-state index in [1.807, 2.05) is 29.1 Å². The lowest BCUT2D eigenvalue weighted by Gasteiger charge is -2.00. The van der Waals surface area contributed by atoms with Crippen LogP contribution in [0.15, 0.2) is 36.5 Å². The monoisotopic (exact) mass is 279 g/mol. The largest absolute Gasteiger partial charge is 0.248 e. The second-order valence-electron chi connectivity index (χ2n) is 3.70. The molecule has 0 spiro atoms. The predicted octanol–water partition coefficient (Wildman–Crippen LogP) is 3.17. The fourth-order valence-electron chi connectivity index (χ4n) is 1.51. The Hall–Kier alpha value is -1.16. The molecule has 2 rings (SSSR count). The smallest absolute Gasteiger partial charge is 0.0963 e. The summed E-state index contributed by atoms with van der Waals surface area (Å²) < 4.78 is 1.87. The van der Waals surface area contributed by atoms with Crippen molar-refractivity contribution >= 4 is 15.9 Å². The first-order valence-corrected chi connectivity index (χ1v) is 6.29. The number of alkyl halides is 1. The van der Waals surface area contributed by atoms with E-state index in [2.05, 4.69) is 45.3 Å². The molecule has 0 saturated heterocycles. The number of hydrogen-bond donors (Lipinski definition) is 0. The van der Waals surface area contributed by atoms with Crippen molar-refractivity contribution in [1.82, 2.24) is 15.0 Å². The molecule has 0 bridgehead atoms. The summed E-state index contributed by atoms with van der Waals surface area (Å²) in [6, 6.07) is 10.3. The molecule has 0 saturated carbocycles. The van der Waals surface area contributed by atoms with Gasteiger partial charge >= 0.3 is 0 Å². The molecule has 0 aliphatic heterocycles. The van der Waals surface area contributed by atoms with Crippen molar-refractivity contribution in [2.45, 2.75) is 24.7 Å². The van der Waals surface area contributed by atoms with Crippen molar-refractivity contribution in [3.8, 4) is 0 Å². The van der Waals surface area contributed by atoms with Gasteiger partial charge in [-0.3, -0.25) is 0 Å². The number of aromatic nitrogens is 3. The lowest BCUT2D eigenvalue weighted by molar-refractivity contribution is 0.649. The van der Waals surface area contributed by atoms with Crippen LogP contribution in [0.3, 0.4) is 0 Å². The second-order valence-corrected chi connectivity index (χ2v) is 4.81. The molecule has 1 heterocycles. The highest BCUT2D eigenvalue weighted by atomic mass is 79.9. The van der Waals surface area contributed by atoms with Crippen molar-refractivity contribution in [3.63, 3.8) is 0 Å². The third-order valence-electron chi connectivity index (χ3n) is 2.42. The minimum absolute atomic E-state index is 0.303. The summed E-state index contributed by atoms with van der Waals surface area (Å²) in [5, 5.41) is 8.27. The summed E-state index contributed by atoms with van der Waals surface area (Å²) in [5.74, 6) is 0. The van der Waals surface area contributed by atoms with Gasteiger partial charge in [0.25, 0.3) is 0 Å². The van der Waals surface area contributed by atoms with Crippen LogP contribution in [0.2, 0.25) is 0 Å². The molecule has 16 heavy (non-hydrogen) atoms. The molecule has 0 amide bonds. The average Bonchev–Trinajstić information content (AvgIpc) is 2.78. The van der Waals surface area contributed by atoms with E-state index in [9.17, 15) is 0 Å². The van der Waals surface area contributed by atoms with Crippen molar-refractivity contribution in [2.75, 3.05) is 0 Å². The third kappa shape index (κ3) is 2.70. The van der Waals surface area contributed by atoms with E-state index >= 15 is 0 Å². The van der Waals surface area contributed by atoms with E-state index in [-0.39, 0.29) is 0 Å². The van der Waals surface area contributed by atoms with Gasteiger partial charge in [-0.15, -0.1) is 5.10 Å². The molecule has 1 aromatic carbocycles. The van der Waals surface area contributed by atoms with Gasteiger partial charge in [0.05, 0.1) is 17.1 Å². The molecule has 84 valence electrons. The normalized spacial score (nSPS) is 12.6. The van der Waals surface area contributed by atoms with Crippen LogP contribution in [0.25, 0.3) is 0 Å². The summed E-state index contributed by atoms with van der Waals surface area (Å²) >= 11 is 3.57. The topological polar surface area (TPSA) is 30.7 Å². The average molecular weight is 280 g/mol. The van der Waals surface area contributed by atoms with Gasteiger partial charge in [-0.1, -0.05) is 58.4 Å². The van der Waals surface area contributed by atoms with Gasteiger partial charge in [0, 0.05) is 6.20 Å². The van der Waals surface area contributed by atoms with Crippen LogP contribution in [-0.2, 0) is 6.54 Å². The second kappa shape index (κ2) is 5.25. The van der Waals surface area contributed by atoms with Crippen molar-refractivity contribution in [2.24, 2.45) is 0 Å². The standard InChI is InChI=1S/C12H14BrN3/c1-2-11(13)12-9-16(15-14-12)8-10-6-4-3-5-7-10/h3-7,9,11H,2,8H2,1H3. The summed E-state index contributed by atoms with van der Waals surface area (Å²) in [5.41, 5.74) is 2.24. The predicted molar refractivity (Wildman–Crippen MR) is 67.5 cm³/mol. The highest BCUT2D eigenvalue weighted by Crippen LogP contribution is 2.23. The van der Waals surface area contributed by atoms with E-state index in [0.717, 1.165) is 18.7 Å². The van der Waals surface area contributed by atoms with Crippen LogP contribution < -0.4 is 0 Å². The van der Waals surface area contributed by atoms with Crippen LogP contribution in [0, 0.1) is 0 Å². The molecular weight excluding hydrogens is 266 g/mol. The van der Waals surface area contributed by atoms with Gasteiger partial charge in [-0.25, -0.2) is 4.68 Å². The van der Waals surface area contributed by atoms with Gasteiger partial charge in [0.15, 0.2) is 0 Å². The number of nitrogens with zero attached hydrogens (tertiary/aromatic N) is 3. The Bertz CT molecular complexity index is 439. The third-order valence-corrected chi connectivity index (χ3v) is 3.54. The first kappa shape index (κ1) is 11.3. The first-order valence-electron chi connectivity index (χ1n) is 5.37. The van der Waals surface area contributed by atoms with E-state index in [1.165, 1.54) is 5.56 Å². The molecule has 2 aromatic rings. The Balaban J connectivity index is 2.09. The number of benzene rings is 1. The molecule has 0 N–H and O–H groups in total. The van der Waals surface area contributed by atoms with Crippen molar-refractivity contribution in [3.05, 3.63) is 47.8 Å². The lowest BCUT2D eigenvalue weighted by atomic mass is 10.2. The Morgan fingerprint density at radius 3 is 2.75 bits per heavy atom. The van der Waals surface area contributed by atoms with Gasteiger partial charge in [-0.2, -0.15) is 0 Å². The number of halogens is 1. The van der Waals surface area contributed by atoms with Gasteiger partial charge < -0.3 is 0 Å². The highest BCUT2D eigenvalue weighted by Gasteiger charge is 2.09. The minimum Gasteiger partial charge on any atom is -0.248 e. The Morgan fingerprint density at radius 2 is 2.06 bits per heavy atom. The van der Waals surface area contributed by atoms with Crippen LogP contribution in [0.5, 0.6) is 0 Å². The van der Waals surface area contributed by atoms with Crippen LogP contribution in [-0.4, -0.2) is 15.0 Å². The zero-order chi connectivity index (χ0) is 11.4. The maximum absolute atomic E-state index is 4.15. The molecule has 0 fully saturated rings. The SMILES string of the molecule is CCC(Br)c1cn(Cc2ccccc2)nn1. The fourth-order valence-corrected chi connectivity index (χ4v) is 1.72. The Morgan fingerprint density at radius 1 is 1.31 bits per heavy atom. The molecule has 0 radical (unpaired) electrons. The summed E-state index contributed by atoms with van der Waals surface area (Å²) in [6.45, 7) is 2.90. The Labute approximate surface area is 104 Å². The number of rotatable bonds is 4. The minimum atomic E-state index is 0.303. The van der Waals surface area contributed by atoms with Crippen molar-refractivity contribution < 1.29 is 0 Å². The van der Waals surface area contributed by atoms with Gasteiger partial charge in [0.1, 0.15) is 0 Å². The fraction of sp³-hybridized carbons (Fsp3) is 0.333. The molecule has 0 aliphatic rings. The Kier molecular flexibility index (Phi) is 3.72. The highest BCUT2D eigenvalue weighted by molar-refractivity contribution is 9.09. The summed E-state index contributed by atoms with van der Waals surface area (Å²) in [4.78, 5) is 0.303. The molecule has 0 aliphatic carbocycles. The maximum atomic E-state index is 4.15. The first-order chi connectivity index (χ1) is 7.79. The van der Waals surface area contributed by atoms with E-state index in [0.29, 0.717) is 4.83 Å². The lowest BCUT2D eigenvalue weighted by Crippen LogP contribution is -1.99. The molecular formula is C12H14BrN3. The maximum Gasteiger partial charge on any atom is 0.0963 e. The molecule has 3 nitrogen and oxygen atoms in total. The van der Waals surface area contributed by atoms with Crippen LogP contribution >= 0.6 is 15.9 Å². The molecule has 4 heteroatoms. The van der Waals surface area contributed by atoms with E-state index in [4.69, 9.17) is 0 Å². The zero-order valence-corrected chi connectivity index (χ0v) is 10.8. The zero-order valence-electron chi connectivity index (χ0n) is 9.18. The molecule has 1 unspecified atom stereocenters. The van der Waals surface area contributed by atoms with Crippen molar-refractivity contribution in [1.29, 1.82) is 0 Å².